The number of imidazole rings is 1. The molecular formula is C25H29N11O4. The smallest absolute Gasteiger partial charge is 0.326 e. The summed E-state index contributed by atoms with van der Waals surface area (Å²) in [5.74, 6) is -1.93. The van der Waals surface area contributed by atoms with Crippen molar-refractivity contribution >= 4 is 46.4 Å². The highest BCUT2D eigenvalue weighted by atomic mass is 16.4. The van der Waals surface area contributed by atoms with Gasteiger partial charge in [0.1, 0.15) is 6.04 Å². The summed E-state index contributed by atoms with van der Waals surface area (Å²) in [5, 5.41) is 14.8. The summed E-state index contributed by atoms with van der Waals surface area (Å²) < 4.78 is 0. The van der Waals surface area contributed by atoms with E-state index in [0.717, 1.165) is 11.4 Å². The highest BCUT2D eigenvalue weighted by Crippen LogP contribution is 2.19. The Bertz CT molecular complexity index is 1490. The number of anilines is 3. The largest absolute Gasteiger partial charge is 0.480 e. The number of carboxylic acids is 1. The zero-order chi connectivity index (χ0) is 28.6. The molecule has 0 bridgehead atoms. The molecule has 0 aliphatic heterocycles. The van der Waals surface area contributed by atoms with Crippen LogP contribution >= 0.6 is 0 Å². The summed E-state index contributed by atoms with van der Waals surface area (Å²) >= 11 is 0. The Kier molecular flexibility index (Phi) is 8.63. The number of nitrogen functional groups attached to an aromatic ring is 2. The predicted molar refractivity (Wildman–Crippen MR) is 146 cm³/mol. The van der Waals surface area contributed by atoms with Crippen LogP contribution in [0.4, 0.5) is 17.5 Å². The molecule has 15 nitrogen and oxygen atoms in total. The van der Waals surface area contributed by atoms with Crippen molar-refractivity contribution in [1.82, 2.24) is 40.5 Å². The van der Waals surface area contributed by atoms with Gasteiger partial charge in [-0.3, -0.25) is 9.59 Å². The number of benzene rings is 1. The van der Waals surface area contributed by atoms with Crippen LogP contribution in [-0.2, 0) is 22.6 Å². The van der Waals surface area contributed by atoms with Crippen LogP contribution in [0.1, 0.15) is 34.6 Å². The Morgan fingerprint density at radius 2 is 1.88 bits per heavy atom. The lowest BCUT2D eigenvalue weighted by molar-refractivity contribution is -0.139. The van der Waals surface area contributed by atoms with E-state index in [1.165, 1.54) is 0 Å². The molecule has 0 radical (unpaired) electrons. The van der Waals surface area contributed by atoms with Crippen molar-refractivity contribution in [1.29, 1.82) is 0 Å². The molecule has 1 aromatic carbocycles. The number of nitrogens with two attached hydrogens (primary N) is 2. The first-order chi connectivity index (χ1) is 19.2. The maximum atomic E-state index is 12.7. The Hall–Kier alpha value is -5.34. The van der Waals surface area contributed by atoms with E-state index in [4.69, 9.17) is 11.5 Å². The zero-order valence-corrected chi connectivity index (χ0v) is 21.7. The number of aromatic amines is 1. The van der Waals surface area contributed by atoms with Gasteiger partial charge < -0.3 is 37.1 Å². The standard InChI is InChI=1S/C25H29N11O4/c1-36(12-16-11-30-22-20(32-16)21(26)34-25(27)35-22)17-4-2-14(3-5-17)23(38)33-18(24(39)40)6-7-19(37)29-9-8-15-10-28-13-31-15/h2-5,10-11,13,18H,6-9,12H2,1H3,(H,28,31)(H,29,37)(H,33,38)(H,39,40)(H4,26,27,30,34,35)/t18-/m1/s1. The Balaban J connectivity index is 1.29. The maximum absolute atomic E-state index is 12.7. The molecule has 3 heterocycles. The van der Waals surface area contributed by atoms with Crippen molar-refractivity contribution in [3.8, 4) is 0 Å². The minimum atomic E-state index is -1.22. The minimum Gasteiger partial charge on any atom is -0.480 e. The van der Waals surface area contributed by atoms with Crippen LogP contribution in [0.5, 0.6) is 0 Å². The lowest BCUT2D eigenvalue weighted by Crippen LogP contribution is -2.41. The first-order valence-electron chi connectivity index (χ1n) is 12.3. The van der Waals surface area contributed by atoms with E-state index in [0.29, 0.717) is 36.4 Å². The molecule has 0 saturated carbocycles. The number of amides is 2. The number of carbonyl (C=O) groups excluding carboxylic acids is 2. The van der Waals surface area contributed by atoms with Crippen LogP contribution in [0.15, 0.2) is 43.0 Å². The lowest BCUT2D eigenvalue weighted by atomic mass is 10.1. The third-order valence-electron chi connectivity index (χ3n) is 6.01. The molecule has 0 aliphatic carbocycles. The maximum Gasteiger partial charge on any atom is 0.326 e. The molecule has 40 heavy (non-hydrogen) atoms. The molecule has 4 rings (SSSR count). The van der Waals surface area contributed by atoms with Crippen molar-refractivity contribution in [2.24, 2.45) is 0 Å². The summed E-state index contributed by atoms with van der Waals surface area (Å²) in [5.41, 5.74) is 14.7. The van der Waals surface area contributed by atoms with Gasteiger partial charge in [0.05, 0.1) is 24.8 Å². The molecule has 0 unspecified atom stereocenters. The van der Waals surface area contributed by atoms with Gasteiger partial charge in [0.15, 0.2) is 17.0 Å². The molecule has 0 fully saturated rings. The first kappa shape index (κ1) is 27.7. The molecule has 0 saturated heterocycles. The van der Waals surface area contributed by atoms with E-state index in [9.17, 15) is 19.5 Å². The molecule has 0 spiro atoms. The van der Waals surface area contributed by atoms with Gasteiger partial charge in [0.2, 0.25) is 11.9 Å². The topological polar surface area (TPSA) is 231 Å². The lowest BCUT2D eigenvalue weighted by Gasteiger charge is -2.19. The number of nitrogens with one attached hydrogen (secondary N) is 3. The van der Waals surface area contributed by atoms with Gasteiger partial charge in [-0.05, 0) is 30.7 Å². The van der Waals surface area contributed by atoms with E-state index in [2.05, 4.69) is 40.5 Å². The summed E-state index contributed by atoms with van der Waals surface area (Å²) in [4.78, 5) is 61.9. The van der Waals surface area contributed by atoms with E-state index >= 15 is 0 Å². The van der Waals surface area contributed by atoms with Crippen LogP contribution in [0.25, 0.3) is 11.2 Å². The predicted octanol–water partition coefficient (Wildman–Crippen LogP) is 0.266. The summed E-state index contributed by atoms with van der Waals surface area (Å²) in [6.07, 6.45) is 5.26. The molecule has 3 aromatic heterocycles. The van der Waals surface area contributed by atoms with Crippen molar-refractivity contribution in [3.63, 3.8) is 0 Å². The van der Waals surface area contributed by atoms with Crippen LogP contribution < -0.4 is 27.0 Å². The Morgan fingerprint density at radius 1 is 1.10 bits per heavy atom. The number of carbonyl (C=O) groups is 3. The van der Waals surface area contributed by atoms with E-state index < -0.39 is 17.9 Å². The molecule has 2 amide bonds. The number of aromatic nitrogens is 6. The number of carboxylic acid groups (broad SMARTS) is 1. The average molecular weight is 548 g/mol. The Labute approximate surface area is 228 Å². The molecule has 1 atom stereocenters. The summed E-state index contributed by atoms with van der Waals surface area (Å²) in [6.45, 7) is 0.764. The summed E-state index contributed by atoms with van der Waals surface area (Å²) in [7, 11) is 1.84. The summed E-state index contributed by atoms with van der Waals surface area (Å²) in [6, 6.07) is 5.41. The van der Waals surface area contributed by atoms with Crippen molar-refractivity contribution in [2.45, 2.75) is 31.8 Å². The molecular weight excluding hydrogens is 518 g/mol. The van der Waals surface area contributed by atoms with Crippen molar-refractivity contribution < 1.29 is 19.5 Å². The quantitative estimate of drug-likeness (QED) is 0.140. The second-order valence-electron chi connectivity index (χ2n) is 8.98. The minimum absolute atomic E-state index is 0.0191. The van der Waals surface area contributed by atoms with E-state index in [1.807, 2.05) is 11.9 Å². The highest BCUT2D eigenvalue weighted by molar-refractivity contribution is 5.97. The van der Waals surface area contributed by atoms with Gasteiger partial charge in [0, 0.05) is 49.6 Å². The SMILES string of the molecule is CN(Cc1cnc2nc(N)nc(N)c2n1)c1ccc(C(=O)N[C@H](CCC(=O)NCCc2cnc[nH]2)C(=O)O)cc1. The number of rotatable bonds is 12. The molecule has 15 heteroatoms. The van der Waals surface area contributed by atoms with Gasteiger partial charge in [-0.1, -0.05) is 0 Å². The fourth-order valence-electron chi connectivity index (χ4n) is 3.88. The third-order valence-corrected chi connectivity index (χ3v) is 6.01. The van der Waals surface area contributed by atoms with Gasteiger partial charge in [-0.25, -0.2) is 19.7 Å². The van der Waals surface area contributed by atoms with E-state index in [-0.39, 0.29) is 36.1 Å². The average Bonchev–Trinajstić information content (AvgIpc) is 3.44. The number of aliphatic carboxylic acids is 1. The fraction of sp³-hybridized carbons (Fsp3) is 0.280. The van der Waals surface area contributed by atoms with Crippen molar-refractivity contribution in [2.75, 3.05) is 30.0 Å². The first-order valence-corrected chi connectivity index (χ1v) is 12.3. The number of H-pyrrole nitrogens is 1. The molecule has 8 N–H and O–H groups in total. The molecule has 4 aromatic rings. The third kappa shape index (κ3) is 7.15. The van der Waals surface area contributed by atoms with E-state index in [1.54, 1.807) is 43.0 Å². The normalized spacial score (nSPS) is 11.6. The number of nitrogens with zero attached hydrogens (tertiary/aromatic N) is 6. The monoisotopic (exact) mass is 547 g/mol. The molecule has 0 aliphatic rings. The number of hydrogen-bond donors (Lipinski definition) is 6. The Morgan fingerprint density at radius 3 is 2.58 bits per heavy atom. The van der Waals surface area contributed by atoms with Crippen LogP contribution in [-0.4, -0.2) is 72.4 Å². The van der Waals surface area contributed by atoms with Gasteiger partial charge in [0.25, 0.3) is 5.91 Å². The van der Waals surface area contributed by atoms with Crippen LogP contribution in [0, 0.1) is 0 Å². The second-order valence-corrected chi connectivity index (χ2v) is 8.98. The molecule has 208 valence electrons. The van der Waals surface area contributed by atoms with Gasteiger partial charge in [-0.15, -0.1) is 0 Å². The number of fused-ring (bicyclic) bond motifs is 1. The van der Waals surface area contributed by atoms with Crippen LogP contribution in [0.3, 0.4) is 0 Å². The fourth-order valence-corrected chi connectivity index (χ4v) is 3.88. The highest BCUT2D eigenvalue weighted by Gasteiger charge is 2.22. The number of hydrogen-bond acceptors (Lipinski definition) is 11. The van der Waals surface area contributed by atoms with Crippen LogP contribution in [0.2, 0.25) is 0 Å². The van der Waals surface area contributed by atoms with Gasteiger partial charge in [-0.2, -0.15) is 9.97 Å². The zero-order valence-electron chi connectivity index (χ0n) is 21.7. The van der Waals surface area contributed by atoms with Crippen molar-refractivity contribution in [3.05, 3.63) is 59.9 Å². The van der Waals surface area contributed by atoms with Gasteiger partial charge >= 0.3 is 5.97 Å². The second kappa shape index (κ2) is 12.5.